The fourth-order valence-corrected chi connectivity index (χ4v) is 2.91. The van der Waals surface area contributed by atoms with Crippen molar-refractivity contribution in [1.82, 2.24) is 5.32 Å². The van der Waals surface area contributed by atoms with Crippen molar-refractivity contribution in [2.45, 2.75) is 13.0 Å². The van der Waals surface area contributed by atoms with Crippen LogP contribution >= 0.6 is 11.6 Å². The second-order valence-corrected chi connectivity index (χ2v) is 6.64. The van der Waals surface area contributed by atoms with Crippen molar-refractivity contribution in [1.29, 1.82) is 0 Å². The fraction of sp³-hybridized carbons (Fsp3) is 0.227. The highest BCUT2D eigenvalue weighted by atomic mass is 35.5. The molecule has 1 amide bonds. The van der Waals surface area contributed by atoms with E-state index in [1.165, 1.54) is 0 Å². The van der Waals surface area contributed by atoms with Gasteiger partial charge in [0, 0.05) is 11.6 Å². The van der Waals surface area contributed by atoms with Gasteiger partial charge in [0.1, 0.15) is 18.1 Å². The first-order valence-electron chi connectivity index (χ1n) is 9.05. The summed E-state index contributed by atoms with van der Waals surface area (Å²) in [4.78, 5) is 12.3. The van der Waals surface area contributed by atoms with E-state index in [4.69, 9.17) is 30.2 Å². The first kappa shape index (κ1) is 20.6. The number of benzene rings is 2. The number of hydrogen-bond donors (Lipinski definition) is 1. The SMILES string of the molecule is COc1ccc(CCNC(=O)c2ccc(COc3cccc(Cl)c3)o2)cc1OC. The zero-order valence-electron chi connectivity index (χ0n) is 16.2. The highest BCUT2D eigenvalue weighted by Crippen LogP contribution is 2.27. The fourth-order valence-electron chi connectivity index (χ4n) is 2.73. The van der Waals surface area contributed by atoms with Crippen LogP contribution in [-0.2, 0) is 13.0 Å². The molecule has 0 atom stereocenters. The van der Waals surface area contributed by atoms with Gasteiger partial charge in [-0.1, -0.05) is 23.7 Å². The maximum absolute atomic E-state index is 12.3. The van der Waals surface area contributed by atoms with Crippen molar-refractivity contribution in [3.8, 4) is 17.2 Å². The maximum atomic E-state index is 12.3. The van der Waals surface area contributed by atoms with Gasteiger partial charge >= 0.3 is 0 Å². The molecule has 29 heavy (non-hydrogen) atoms. The molecule has 1 heterocycles. The smallest absolute Gasteiger partial charge is 0.287 e. The van der Waals surface area contributed by atoms with E-state index in [-0.39, 0.29) is 18.3 Å². The van der Waals surface area contributed by atoms with Crippen LogP contribution in [0.1, 0.15) is 21.9 Å². The van der Waals surface area contributed by atoms with Crippen molar-refractivity contribution in [2.24, 2.45) is 0 Å². The number of rotatable bonds is 9. The van der Waals surface area contributed by atoms with E-state index in [9.17, 15) is 4.79 Å². The van der Waals surface area contributed by atoms with Crippen molar-refractivity contribution < 1.29 is 23.4 Å². The van der Waals surface area contributed by atoms with Crippen molar-refractivity contribution in [2.75, 3.05) is 20.8 Å². The van der Waals surface area contributed by atoms with Crippen LogP contribution in [0.25, 0.3) is 0 Å². The number of carbonyl (C=O) groups is 1. The standard InChI is InChI=1S/C22H22ClNO5/c1-26-19-8-6-15(12-21(19)27-2)10-11-24-22(25)20-9-7-18(29-20)14-28-17-5-3-4-16(23)13-17/h3-9,12-13H,10-11,14H2,1-2H3,(H,24,25). The van der Waals surface area contributed by atoms with E-state index in [0.29, 0.717) is 41.0 Å². The zero-order chi connectivity index (χ0) is 20.6. The number of halogens is 1. The normalized spacial score (nSPS) is 10.4. The summed E-state index contributed by atoms with van der Waals surface area (Å²) in [5.74, 6) is 2.47. The second-order valence-electron chi connectivity index (χ2n) is 6.21. The highest BCUT2D eigenvalue weighted by molar-refractivity contribution is 6.30. The van der Waals surface area contributed by atoms with Crippen LogP contribution in [0.4, 0.5) is 0 Å². The third kappa shape index (κ3) is 5.68. The largest absolute Gasteiger partial charge is 0.493 e. The Morgan fingerprint density at radius 1 is 1.03 bits per heavy atom. The summed E-state index contributed by atoms with van der Waals surface area (Å²) in [5, 5.41) is 3.44. The molecule has 3 rings (SSSR count). The van der Waals surface area contributed by atoms with Crippen LogP contribution in [0.3, 0.4) is 0 Å². The number of amides is 1. The van der Waals surface area contributed by atoms with Gasteiger partial charge in [-0.25, -0.2) is 0 Å². The molecule has 0 unspecified atom stereocenters. The average molecular weight is 416 g/mol. The van der Waals surface area contributed by atoms with Crippen molar-refractivity contribution in [3.63, 3.8) is 0 Å². The van der Waals surface area contributed by atoms with Gasteiger partial charge in [-0.05, 0) is 54.4 Å². The Morgan fingerprint density at radius 2 is 1.86 bits per heavy atom. The van der Waals surface area contributed by atoms with E-state index in [2.05, 4.69) is 5.32 Å². The molecule has 7 heteroatoms. The molecule has 0 spiro atoms. The lowest BCUT2D eigenvalue weighted by Gasteiger charge is -2.09. The van der Waals surface area contributed by atoms with E-state index < -0.39 is 0 Å². The molecule has 0 fully saturated rings. The minimum Gasteiger partial charge on any atom is -0.493 e. The number of nitrogens with one attached hydrogen (secondary N) is 1. The predicted molar refractivity (Wildman–Crippen MR) is 110 cm³/mol. The molecule has 0 saturated heterocycles. The average Bonchev–Trinajstić information content (AvgIpc) is 3.21. The van der Waals surface area contributed by atoms with Crippen LogP contribution < -0.4 is 19.5 Å². The first-order chi connectivity index (χ1) is 14.1. The van der Waals surface area contributed by atoms with E-state index >= 15 is 0 Å². The van der Waals surface area contributed by atoms with Gasteiger partial charge in [0.25, 0.3) is 5.91 Å². The zero-order valence-corrected chi connectivity index (χ0v) is 17.0. The molecule has 0 bridgehead atoms. The molecule has 0 radical (unpaired) electrons. The number of hydrogen-bond acceptors (Lipinski definition) is 5. The Labute approximate surface area is 174 Å². The molecule has 0 aliphatic heterocycles. The van der Waals surface area contributed by atoms with Crippen molar-refractivity contribution >= 4 is 17.5 Å². The predicted octanol–water partition coefficient (Wildman–Crippen LogP) is 4.50. The highest BCUT2D eigenvalue weighted by Gasteiger charge is 2.12. The molecule has 1 N–H and O–H groups in total. The Balaban J connectivity index is 1.49. The van der Waals surface area contributed by atoms with Crippen LogP contribution in [0.15, 0.2) is 59.0 Å². The third-order valence-corrected chi connectivity index (χ3v) is 4.44. The number of methoxy groups -OCH3 is 2. The third-order valence-electron chi connectivity index (χ3n) is 4.21. The van der Waals surface area contributed by atoms with E-state index in [0.717, 1.165) is 5.56 Å². The molecule has 0 aliphatic carbocycles. The first-order valence-corrected chi connectivity index (χ1v) is 9.43. The monoisotopic (exact) mass is 415 g/mol. The molecule has 1 aromatic heterocycles. The number of carbonyl (C=O) groups excluding carboxylic acids is 1. The molecular weight excluding hydrogens is 394 g/mol. The summed E-state index contributed by atoms with van der Waals surface area (Å²) in [7, 11) is 3.18. The number of furan rings is 1. The van der Waals surface area contributed by atoms with E-state index in [1.54, 1.807) is 50.6 Å². The summed E-state index contributed by atoms with van der Waals surface area (Å²) in [5.41, 5.74) is 1.03. The Hall–Kier alpha value is -3.12. The summed E-state index contributed by atoms with van der Waals surface area (Å²) in [6.07, 6.45) is 0.650. The van der Waals surface area contributed by atoms with Crippen LogP contribution in [0.5, 0.6) is 17.2 Å². The van der Waals surface area contributed by atoms with Gasteiger partial charge in [0.2, 0.25) is 0 Å². The van der Waals surface area contributed by atoms with Crippen LogP contribution in [0, 0.1) is 0 Å². The molecular formula is C22H22ClNO5. The molecule has 6 nitrogen and oxygen atoms in total. The summed E-state index contributed by atoms with van der Waals surface area (Å²) in [6.45, 7) is 0.669. The Kier molecular flexibility index (Phi) is 7.03. The van der Waals surface area contributed by atoms with Crippen molar-refractivity contribution in [3.05, 3.63) is 76.7 Å². The van der Waals surface area contributed by atoms with E-state index in [1.807, 2.05) is 18.2 Å². The topological polar surface area (TPSA) is 69.9 Å². The quantitative estimate of drug-likeness (QED) is 0.557. The van der Waals surface area contributed by atoms with Gasteiger partial charge in [-0.3, -0.25) is 4.79 Å². The minimum atomic E-state index is -0.278. The summed E-state index contributed by atoms with van der Waals surface area (Å²) in [6, 6.07) is 16.1. The van der Waals surface area contributed by atoms with Gasteiger partial charge in [-0.2, -0.15) is 0 Å². The van der Waals surface area contributed by atoms with Crippen LogP contribution in [0.2, 0.25) is 5.02 Å². The molecule has 0 aliphatic rings. The van der Waals surface area contributed by atoms with Crippen LogP contribution in [-0.4, -0.2) is 26.7 Å². The van der Waals surface area contributed by atoms with Gasteiger partial charge in [-0.15, -0.1) is 0 Å². The maximum Gasteiger partial charge on any atom is 0.287 e. The lowest BCUT2D eigenvalue weighted by Crippen LogP contribution is -2.25. The lowest BCUT2D eigenvalue weighted by atomic mass is 10.1. The van der Waals surface area contributed by atoms with Gasteiger partial charge in [0.05, 0.1) is 14.2 Å². The van der Waals surface area contributed by atoms with Gasteiger partial charge in [0.15, 0.2) is 17.3 Å². The summed E-state index contributed by atoms with van der Waals surface area (Å²) >= 11 is 5.93. The Morgan fingerprint density at radius 3 is 2.62 bits per heavy atom. The number of ether oxygens (including phenoxy) is 3. The second kappa shape index (κ2) is 9.89. The molecule has 3 aromatic rings. The Bertz CT molecular complexity index is 969. The molecule has 152 valence electrons. The summed E-state index contributed by atoms with van der Waals surface area (Å²) < 4.78 is 21.7. The minimum absolute atomic E-state index is 0.208. The lowest BCUT2D eigenvalue weighted by molar-refractivity contribution is 0.0922. The molecule has 2 aromatic carbocycles. The molecule has 0 saturated carbocycles. The van der Waals surface area contributed by atoms with Gasteiger partial charge < -0.3 is 23.9 Å².